The fourth-order valence-corrected chi connectivity index (χ4v) is 2.03. The van der Waals surface area contributed by atoms with Crippen LogP contribution < -0.4 is 5.32 Å². The molecular formula is C15H15ClN2. The average molecular weight is 259 g/mol. The summed E-state index contributed by atoms with van der Waals surface area (Å²) in [5.74, 6) is 0. The summed E-state index contributed by atoms with van der Waals surface area (Å²) in [6, 6.07) is 9.85. The molecule has 0 bridgehead atoms. The van der Waals surface area contributed by atoms with Crippen molar-refractivity contribution in [2.75, 3.05) is 7.05 Å². The van der Waals surface area contributed by atoms with Crippen molar-refractivity contribution in [2.24, 2.45) is 0 Å². The summed E-state index contributed by atoms with van der Waals surface area (Å²) in [7, 11) is 1.84. The first-order valence-electron chi connectivity index (χ1n) is 5.71. The Morgan fingerprint density at radius 1 is 1.28 bits per heavy atom. The highest BCUT2D eigenvalue weighted by Gasteiger charge is 2.06. The third-order valence-electron chi connectivity index (χ3n) is 2.82. The van der Waals surface area contributed by atoms with Crippen molar-refractivity contribution in [3.8, 4) is 11.1 Å². The van der Waals surface area contributed by atoms with Crippen LogP contribution in [-0.2, 0) is 0 Å². The van der Waals surface area contributed by atoms with Crippen LogP contribution in [0.2, 0.25) is 5.02 Å². The van der Waals surface area contributed by atoms with E-state index in [-0.39, 0.29) is 0 Å². The van der Waals surface area contributed by atoms with Gasteiger partial charge in [-0.2, -0.15) is 0 Å². The van der Waals surface area contributed by atoms with Gasteiger partial charge in [-0.25, -0.2) is 0 Å². The van der Waals surface area contributed by atoms with Crippen molar-refractivity contribution >= 4 is 17.3 Å². The Hall–Kier alpha value is -1.80. The molecule has 0 aliphatic heterocycles. The van der Waals surface area contributed by atoms with Gasteiger partial charge in [0.25, 0.3) is 0 Å². The van der Waals surface area contributed by atoms with Gasteiger partial charge in [-0.15, -0.1) is 0 Å². The van der Waals surface area contributed by atoms with E-state index < -0.39 is 0 Å². The molecule has 0 atom stereocenters. The maximum Gasteiger partial charge on any atom is 0.0884 e. The highest BCUT2D eigenvalue weighted by Crippen LogP contribution is 2.24. The molecule has 0 radical (unpaired) electrons. The van der Waals surface area contributed by atoms with Crippen molar-refractivity contribution < 1.29 is 0 Å². The zero-order valence-electron chi connectivity index (χ0n) is 10.5. The molecule has 0 saturated heterocycles. The highest BCUT2D eigenvalue weighted by atomic mass is 35.5. The molecular weight excluding hydrogens is 244 g/mol. The van der Waals surface area contributed by atoms with Gasteiger partial charge >= 0.3 is 0 Å². The first kappa shape index (κ1) is 12.7. The second kappa shape index (κ2) is 5.23. The van der Waals surface area contributed by atoms with E-state index in [2.05, 4.69) is 22.9 Å². The van der Waals surface area contributed by atoms with E-state index in [0.717, 1.165) is 33.1 Å². The number of aryl methyl sites for hydroxylation is 1. The summed E-state index contributed by atoms with van der Waals surface area (Å²) in [5, 5.41) is 3.74. The minimum Gasteiger partial charge on any atom is -0.387 e. The third kappa shape index (κ3) is 2.54. The van der Waals surface area contributed by atoms with E-state index in [1.54, 1.807) is 0 Å². The van der Waals surface area contributed by atoms with Gasteiger partial charge in [0.2, 0.25) is 0 Å². The van der Waals surface area contributed by atoms with Gasteiger partial charge in [0.1, 0.15) is 0 Å². The highest BCUT2D eigenvalue weighted by molar-refractivity contribution is 6.30. The van der Waals surface area contributed by atoms with Crippen molar-refractivity contribution in [3.63, 3.8) is 0 Å². The minimum absolute atomic E-state index is 0.730. The second-order valence-corrected chi connectivity index (χ2v) is 4.56. The number of nitrogens with zero attached hydrogens (tertiary/aromatic N) is 1. The monoisotopic (exact) mass is 258 g/mol. The number of pyridine rings is 1. The molecule has 2 aromatic rings. The van der Waals surface area contributed by atoms with Crippen LogP contribution in [0.25, 0.3) is 16.8 Å². The van der Waals surface area contributed by atoms with E-state index >= 15 is 0 Å². The molecule has 1 aromatic heterocycles. The standard InChI is InChI=1S/C15H15ClN2/c1-10-7-13(9-18-15(10)11(2)17-3)12-5-4-6-14(16)8-12/h4-9,17H,2H2,1,3H3. The van der Waals surface area contributed by atoms with Crippen molar-refractivity contribution in [1.29, 1.82) is 0 Å². The van der Waals surface area contributed by atoms with E-state index in [1.807, 2.05) is 44.4 Å². The fourth-order valence-electron chi connectivity index (χ4n) is 1.84. The molecule has 1 aromatic carbocycles. The number of hydrogen-bond donors (Lipinski definition) is 1. The lowest BCUT2D eigenvalue weighted by Gasteiger charge is -2.10. The summed E-state index contributed by atoms with van der Waals surface area (Å²) < 4.78 is 0. The van der Waals surface area contributed by atoms with Gasteiger partial charge in [-0.1, -0.05) is 30.3 Å². The van der Waals surface area contributed by atoms with Crippen molar-refractivity contribution in [2.45, 2.75) is 6.92 Å². The molecule has 2 nitrogen and oxygen atoms in total. The SMILES string of the molecule is C=C(NC)c1ncc(-c2cccc(Cl)c2)cc1C. The number of nitrogens with one attached hydrogen (secondary N) is 1. The number of halogens is 1. The third-order valence-corrected chi connectivity index (χ3v) is 3.06. The maximum atomic E-state index is 5.99. The van der Waals surface area contributed by atoms with Gasteiger partial charge in [0.15, 0.2) is 0 Å². The summed E-state index contributed by atoms with van der Waals surface area (Å²) in [5.41, 5.74) is 4.93. The molecule has 0 amide bonds. The quantitative estimate of drug-likeness (QED) is 0.903. The summed E-state index contributed by atoms with van der Waals surface area (Å²) >= 11 is 5.99. The Labute approximate surface area is 112 Å². The number of rotatable bonds is 3. The molecule has 1 heterocycles. The van der Waals surface area contributed by atoms with Crippen LogP contribution in [0.1, 0.15) is 11.3 Å². The van der Waals surface area contributed by atoms with Crippen molar-refractivity contribution in [1.82, 2.24) is 10.3 Å². The normalized spacial score (nSPS) is 10.2. The lowest BCUT2D eigenvalue weighted by molar-refractivity contribution is 1.08. The molecule has 0 aliphatic carbocycles. The molecule has 0 saturated carbocycles. The van der Waals surface area contributed by atoms with Crippen LogP contribution >= 0.6 is 11.6 Å². The first-order valence-corrected chi connectivity index (χ1v) is 6.09. The molecule has 0 aliphatic rings. The summed E-state index contributed by atoms with van der Waals surface area (Å²) in [6.45, 7) is 5.95. The fraction of sp³-hybridized carbons (Fsp3) is 0.133. The van der Waals surface area contributed by atoms with Gasteiger partial charge in [-0.3, -0.25) is 4.98 Å². The Bertz CT molecular complexity index is 591. The molecule has 0 unspecified atom stereocenters. The smallest absolute Gasteiger partial charge is 0.0884 e. The Morgan fingerprint density at radius 2 is 2.06 bits per heavy atom. The lowest BCUT2D eigenvalue weighted by atomic mass is 10.0. The van der Waals surface area contributed by atoms with E-state index in [9.17, 15) is 0 Å². The summed E-state index contributed by atoms with van der Waals surface area (Å²) in [6.07, 6.45) is 1.84. The predicted molar refractivity (Wildman–Crippen MR) is 77.5 cm³/mol. The van der Waals surface area contributed by atoms with E-state index in [0.29, 0.717) is 0 Å². The van der Waals surface area contributed by atoms with E-state index in [4.69, 9.17) is 11.6 Å². The zero-order chi connectivity index (χ0) is 13.1. The number of benzene rings is 1. The van der Waals surface area contributed by atoms with Gasteiger partial charge in [0.05, 0.1) is 11.4 Å². The van der Waals surface area contributed by atoms with Crippen LogP contribution in [0, 0.1) is 6.92 Å². The van der Waals surface area contributed by atoms with Crippen LogP contribution in [0.15, 0.2) is 43.1 Å². The van der Waals surface area contributed by atoms with Crippen molar-refractivity contribution in [3.05, 3.63) is 59.4 Å². The van der Waals surface area contributed by atoms with Gasteiger partial charge in [-0.05, 0) is 36.2 Å². The molecule has 1 N–H and O–H groups in total. The molecule has 3 heteroatoms. The second-order valence-electron chi connectivity index (χ2n) is 4.13. The first-order chi connectivity index (χ1) is 8.61. The minimum atomic E-state index is 0.730. The van der Waals surface area contributed by atoms with Crippen LogP contribution in [0.4, 0.5) is 0 Å². The van der Waals surface area contributed by atoms with Gasteiger partial charge < -0.3 is 5.32 Å². The largest absolute Gasteiger partial charge is 0.387 e. The maximum absolute atomic E-state index is 5.99. The van der Waals surface area contributed by atoms with Crippen LogP contribution in [0.5, 0.6) is 0 Å². The zero-order valence-corrected chi connectivity index (χ0v) is 11.3. The number of aromatic nitrogens is 1. The van der Waals surface area contributed by atoms with Crippen LogP contribution in [-0.4, -0.2) is 12.0 Å². The average Bonchev–Trinajstić information content (AvgIpc) is 2.37. The molecule has 92 valence electrons. The van der Waals surface area contributed by atoms with Crippen LogP contribution in [0.3, 0.4) is 0 Å². The lowest BCUT2D eigenvalue weighted by Crippen LogP contribution is -2.06. The molecule has 0 spiro atoms. The molecule has 18 heavy (non-hydrogen) atoms. The summed E-state index contributed by atoms with van der Waals surface area (Å²) in [4.78, 5) is 4.45. The topological polar surface area (TPSA) is 24.9 Å². The van der Waals surface area contributed by atoms with E-state index in [1.165, 1.54) is 0 Å². The number of hydrogen-bond acceptors (Lipinski definition) is 2. The van der Waals surface area contributed by atoms with Gasteiger partial charge in [0, 0.05) is 23.8 Å². The Morgan fingerprint density at radius 3 is 2.67 bits per heavy atom. The molecule has 0 fully saturated rings. The Balaban J connectivity index is 2.43. The predicted octanol–water partition coefficient (Wildman–Crippen LogP) is 3.90. The Kier molecular flexibility index (Phi) is 3.68. The molecule has 2 rings (SSSR count).